The standard InChI is InChI=1S/C25H30N4O5/c1-4-5-13-29(24(32)23(28-25(33)34-3)18-9-7-6-8-10-18)16-22(31)27-20-14-19(21(30)15-26)12-11-17(20)2/h4,6-12,14,23H,1,5,13,15-16,26H2,2-3H3,(H,27,31)(H,28,33)/t23-/m1/s1. The fourth-order valence-corrected chi connectivity index (χ4v) is 3.22. The first-order valence-corrected chi connectivity index (χ1v) is 10.7. The summed E-state index contributed by atoms with van der Waals surface area (Å²) >= 11 is 0. The molecule has 0 bridgehead atoms. The summed E-state index contributed by atoms with van der Waals surface area (Å²) in [4.78, 5) is 51.5. The van der Waals surface area contributed by atoms with E-state index in [-0.39, 0.29) is 25.4 Å². The molecule has 9 heteroatoms. The quantitative estimate of drug-likeness (QED) is 0.345. The smallest absolute Gasteiger partial charge is 0.407 e. The molecule has 4 N–H and O–H groups in total. The summed E-state index contributed by atoms with van der Waals surface area (Å²) in [7, 11) is 1.21. The van der Waals surface area contributed by atoms with Gasteiger partial charge < -0.3 is 26.0 Å². The number of amides is 3. The highest BCUT2D eigenvalue weighted by Gasteiger charge is 2.29. The average molecular weight is 467 g/mol. The fourth-order valence-electron chi connectivity index (χ4n) is 3.22. The van der Waals surface area contributed by atoms with E-state index in [9.17, 15) is 19.2 Å². The molecule has 9 nitrogen and oxygen atoms in total. The van der Waals surface area contributed by atoms with E-state index < -0.39 is 23.9 Å². The van der Waals surface area contributed by atoms with Crippen LogP contribution in [0, 0.1) is 6.92 Å². The minimum Gasteiger partial charge on any atom is -0.453 e. The maximum atomic E-state index is 13.4. The first-order valence-electron chi connectivity index (χ1n) is 10.7. The molecular weight excluding hydrogens is 436 g/mol. The van der Waals surface area contributed by atoms with E-state index in [0.717, 1.165) is 5.56 Å². The Hall–Kier alpha value is -3.98. The van der Waals surface area contributed by atoms with Crippen LogP contribution in [0.3, 0.4) is 0 Å². The van der Waals surface area contributed by atoms with Crippen molar-refractivity contribution in [3.8, 4) is 0 Å². The van der Waals surface area contributed by atoms with Crippen LogP contribution in [0.4, 0.5) is 10.5 Å². The van der Waals surface area contributed by atoms with Crippen molar-refractivity contribution in [2.45, 2.75) is 19.4 Å². The molecule has 0 fully saturated rings. The average Bonchev–Trinajstić information content (AvgIpc) is 2.85. The highest BCUT2D eigenvalue weighted by molar-refractivity contribution is 6.01. The van der Waals surface area contributed by atoms with Gasteiger partial charge in [-0.3, -0.25) is 14.4 Å². The third-order valence-corrected chi connectivity index (χ3v) is 5.10. The number of hydrogen-bond donors (Lipinski definition) is 3. The van der Waals surface area contributed by atoms with Crippen molar-refractivity contribution in [1.82, 2.24) is 10.2 Å². The highest BCUT2D eigenvalue weighted by atomic mass is 16.5. The number of alkyl carbamates (subject to hydrolysis) is 1. The van der Waals surface area contributed by atoms with Gasteiger partial charge in [-0.15, -0.1) is 6.58 Å². The van der Waals surface area contributed by atoms with Crippen LogP contribution in [-0.2, 0) is 14.3 Å². The summed E-state index contributed by atoms with van der Waals surface area (Å²) in [5.41, 5.74) is 7.56. The molecule has 0 aliphatic rings. The Bertz CT molecular complexity index is 1040. The largest absolute Gasteiger partial charge is 0.453 e. The number of anilines is 1. The Morgan fingerprint density at radius 1 is 1.15 bits per heavy atom. The summed E-state index contributed by atoms with van der Waals surface area (Å²) in [6, 6.07) is 12.6. The monoisotopic (exact) mass is 466 g/mol. The lowest BCUT2D eigenvalue weighted by molar-refractivity contribution is -0.136. The second-order valence-electron chi connectivity index (χ2n) is 7.52. The second kappa shape index (κ2) is 12.9. The predicted molar refractivity (Wildman–Crippen MR) is 129 cm³/mol. The summed E-state index contributed by atoms with van der Waals surface area (Å²) in [6.45, 7) is 5.27. The molecule has 0 radical (unpaired) electrons. The molecule has 2 aromatic carbocycles. The van der Waals surface area contributed by atoms with Crippen molar-refractivity contribution in [3.05, 3.63) is 77.9 Å². The molecular formula is C25H30N4O5. The van der Waals surface area contributed by atoms with Gasteiger partial charge >= 0.3 is 6.09 Å². The molecule has 0 spiro atoms. The van der Waals surface area contributed by atoms with Crippen LogP contribution in [0.25, 0.3) is 0 Å². The SMILES string of the molecule is C=CCCN(CC(=O)Nc1cc(C(=O)CN)ccc1C)C(=O)[C@H](NC(=O)OC)c1ccccc1. The van der Waals surface area contributed by atoms with Crippen molar-refractivity contribution >= 4 is 29.4 Å². The van der Waals surface area contributed by atoms with Crippen molar-refractivity contribution in [2.75, 3.05) is 32.1 Å². The fraction of sp³-hybridized carbons (Fsp3) is 0.280. The Labute approximate surface area is 199 Å². The summed E-state index contributed by atoms with van der Waals surface area (Å²) in [6.07, 6.45) is 1.31. The number of ketones is 1. The van der Waals surface area contributed by atoms with Gasteiger partial charge in [-0.25, -0.2) is 4.79 Å². The number of methoxy groups -OCH3 is 1. The van der Waals surface area contributed by atoms with Crippen LogP contribution in [0.1, 0.15) is 33.9 Å². The number of carbonyl (C=O) groups is 4. The first kappa shape index (κ1) is 26.3. The molecule has 0 saturated heterocycles. The Morgan fingerprint density at radius 3 is 2.47 bits per heavy atom. The minimum atomic E-state index is -1.04. The van der Waals surface area contributed by atoms with Gasteiger partial charge in [0.15, 0.2) is 5.78 Å². The van der Waals surface area contributed by atoms with Crippen LogP contribution in [-0.4, -0.2) is 55.3 Å². The van der Waals surface area contributed by atoms with Crippen molar-refractivity contribution in [3.63, 3.8) is 0 Å². The second-order valence-corrected chi connectivity index (χ2v) is 7.52. The van der Waals surface area contributed by atoms with E-state index in [4.69, 9.17) is 5.73 Å². The number of hydrogen-bond acceptors (Lipinski definition) is 6. The predicted octanol–water partition coefficient (Wildman–Crippen LogP) is 2.58. The molecule has 0 aromatic heterocycles. The summed E-state index contributed by atoms with van der Waals surface area (Å²) < 4.78 is 4.67. The number of benzene rings is 2. The van der Waals surface area contributed by atoms with E-state index in [1.165, 1.54) is 12.0 Å². The molecule has 0 heterocycles. The van der Waals surface area contributed by atoms with Crippen molar-refractivity contribution in [2.24, 2.45) is 5.73 Å². The van der Waals surface area contributed by atoms with Gasteiger partial charge in [0.1, 0.15) is 6.04 Å². The van der Waals surface area contributed by atoms with E-state index in [2.05, 4.69) is 21.9 Å². The number of aryl methyl sites for hydroxylation is 1. The molecule has 2 aromatic rings. The Kier molecular flexibility index (Phi) is 9.97. The van der Waals surface area contributed by atoms with Gasteiger partial charge in [-0.2, -0.15) is 0 Å². The van der Waals surface area contributed by atoms with Gasteiger partial charge in [0.2, 0.25) is 11.8 Å². The highest BCUT2D eigenvalue weighted by Crippen LogP contribution is 2.19. The van der Waals surface area contributed by atoms with E-state index in [1.807, 2.05) is 0 Å². The molecule has 0 aliphatic carbocycles. The zero-order valence-corrected chi connectivity index (χ0v) is 19.4. The minimum absolute atomic E-state index is 0.144. The van der Waals surface area contributed by atoms with Crippen LogP contribution >= 0.6 is 0 Å². The molecule has 0 unspecified atom stereocenters. The van der Waals surface area contributed by atoms with Crippen LogP contribution in [0.5, 0.6) is 0 Å². The lowest BCUT2D eigenvalue weighted by atomic mass is 10.1. The van der Waals surface area contributed by atoms with Crippen LogP contribution in [0.15, 0.2) is 61.2 Å². The number of rotatable bonds is 11. The summed E-state index contributed by atoms with van der Waals surface area (Å²) in [5, 5.41) is 5.30. The maximum Gasteiger partial charge on any atom is 0.407 e. The lowest BCUT2D eigenvalue weighted by Crippen LogP contribution is -2.46. The van der Waals surface area contributed by atoms with Gasteiger partial charge in [0.05, 0.1) is 20.2 Å². The van der Waals surface area contributed by atoms with E-state index in [0.29, 0.717) is 23.2 Å². The van der Waals surface area contributed by atoms with E-state index >= 15 is 0 Å². The van der Waals surface area contributed by atoms with Gasteiger partial charge in [0.25, 0.3) is 0 Å². The molecule has 2 rings (SSSR count). The third-order valence-electron chi connectivity index (χ3n) is 5.10. The molecule has 0 saturated carbocycles. The number of nitrogens with two attached hydrogens (primary N) is 1. The van der Waals surface area contributed by atoms with Crippen molar-refractivity contribution < 1.29 is 23.9 Å². The number of Topliss-reactive ketones (excluding diaryl/α,β-unsaturated/α-hetero) is 1. The normalized spacial score (nSPS) is 11.1. The first-order chi connectivity index (χ1) is 16.3. The van der Waals surface area contributed by atoms with Gasteiger partial charge in [0, 0.05) is 17.8 Å². The zero-order chi connectivity index (χ0) is 25.1. The number of ether oxygens (including phenoxy) is 1. The number of nitrogens with zero attached hydrogens (tertiary/aromatic N) is 1. The van der Waals surface area contributed by atoms with Gasteiger partial charge in [-0.05, 0) is 30.5 Å². The zero-order valence-electron chi connectivity index (χ0n) is 19.4. The topological polar surface area (TPSA) is 131 Å². The number of nitrogens with one attached hydrogen (secondary N) is 2. The molecule has 1 atom stereocenters. The molecule has 180 valence electrons. The van der Waals surface area contributed by atoms with Gasteiger partial charge in [-0.1, -0.05) is 48.5 Å². The third kappa shape index (κ3) is 7.28. The Morgan fingerprint density at radius 2 is 1.85 bits per heavy atom. The number of carbonyl (C=O) groups excluding carboxylic acids is 4. The van der Waals surface area contributed by atoms with E-state index in [1.54, 1.807) is 61.5 Å². The lowest BCUT2D eigenvalue weighted by Gasteiger charge is -2.27. The molecule has 34 heavy (non-hydrogen) atoms. The summed E-state index contributed by atoms with van der Waals surface area (Å²) in [5.74, 6) is -1.18. The van der Waals surface area contributed by atoms with Crippen LogP contribution < -0.4 is 16.4 Å². The Balaban J connectivity index is 2.26. The molecule has 3 amide bonds. The van der Waals surface area contributed by atoms with Crippen LogP contribution in [0.2, 0.25) is 0 Å². The maximum absolute atomic E-state index is 13.4. The van der Waals surface area contributed by atoms with Crippen molar-refractivity contribution in [1.29, 1.82) is 0 Å². The molecule has 0 aliphatic heterocycles.